The molecule has 7 heteroatoms. The van der Waals surface area contributed by atoms with Crippen molar-refractivity contribution in [3.63, 3.8) is 0 Å². The molecule has 0 aliphatic heterocycles. The SMILES string of the molecule is CCNC(=NCC(C)Sc1ccccc1)NCCCn1cc(C)cn1.I. The molecule has 2 rings (SSSR count). The third-order valence-corrected chi connectivity index (χ3v) is 4.65. The van der Waals surface area contributed by atoms with E-state index in [0.717, 1.165) is 38.6 Å². The topological polar surface area (TPSA) is 54.2 Å². The molecule has 0 aliphatic carbocycles. The first kappa shape index (κ1) is 22.8. The van der Waals surface area contributed by atoms with Gasteiger partial charge in [-0.2, -0.15) is 5.10 Å². The molecule has 2 N–H and O–H groups in total. The van der Waals surface area contributed by atoms with E-state index in [1.165, 1.54) is 10.5 Å². The first-order valence-electron chi connectivity index (χ1n) is 8.90. The smallest absolute Gasteiger partial charge is 0.191 e. The fourth-order valence-corrected chi connectivity index (χ4v) is 3.30. The van der Waals surface area contributed by atoms with Crippen molar-refractivity contribution in [3.8, 4) is 0 Å². The van der Waals surface area contributed by atoms with E-state index in [1.807, 2.05) is 28.7 Å². The van der Waals surface area contributed by atoms with Gasteiger partial charge >= 0.3 is 0 Å². The van der Waals surface area contributed by atoms with E-state index in [2.05, 4.69) is 67.0 Å². The fraction of sp³-hybridized carbons (Fsp3) is 0.474. The molecule has 26 heavy (non-hydrogen) atoms. The van der Waals surface area contributed by atoms with Gasteiger partial charge in [-0.25, -0.2) is 0 Å². The summed E-state index contributed by atoms with van der Waals surface area (Å²) in [4.78, 5) is 6.00. The normalized spacial score (nSPS) is 12.3. The minimum atomic E-state index is 0. The fourth-order valence-electron chi connectivity index (χ4n) is 2.37. The monoisotopic (exact) mass is 487 g/mol. The van der Waals surface area contributed by atoms with Gasteiger partial charge in [0.05, 0.1) is 12.7 Å². The Kier molecular flexibility index (Phi) is 11.4. The number of nitrogens with zero attached hydrogens (tertiary/aromatic N) is 3. The predicted molar refractivity (Wildman–Crippen MR) is 123 cm³/mol. The van der Waals surface area contributed by atoms with E-state index in [-0.39, 0.29) is 24.0 Å². The summed E-state index contributed by atoms with van der Waals surface area (Å²) in [6.07, 6.45) is 4.98. The van der Waals surface area contributed by atoms with Crippen molar-refractivity contribution in [2.45, 2.75) is 43.9 Å². The van der Waals surface area contributed by atoms with E-state index in [1.54, 1.807) is 0 Å². The molecule has 144 valence electrons. The summed E-state index contributed by atoms with van der Waals surface area (Å²) >= 11 is 1.86. The molecule has 0 spiro atoms. The summed E-state index contributed by atoms with van der Waals surface area (Å²) in [5.41, 5.74) is 1.20. The second kappa shape index (κ2) is 13.0. The Hall–Kier alpha value is -1.22. The number of guanidine groups is 1. The van der Waals surface area contributed by atoms with E-state index in [4.69, 9.17) is 4.99 Å². The van der Waals surface area contributed by atoms with Crippen LogP contribution in [0.3, 0.4) is 0 Å². The zero-order chi connectivity index (χ0) is 17.9. The minimum absolute atomic E-state index is 0. The first-order chi connectivity index (χ1) is 12.2. The van der Waals surface area contributed by atoms with Crippen LogP contribution in [0.15, 0.2) is 52.6 Å². The summed E-state index contributed by atoms with van der Waals surface area (Å²) in [7, 11) is 0. The zero-order valence-electron chi connectivity index (χ0n) is 15.8. The van der Waals surface area contributed by atoms with Gasteiger partial charge in [0.25, 0.3) is 0 Å². The number of hydrogen-bond acceptors (Lipinski definition) is 3. The van der Waals surface area contributed by atoms with E-state index >= 15 is 0 Å². The minimum Gasteiger partial charge on any atom is -0.357 e. The second-order valence-electron chi connectivity index (χ2n) is 6.02. The van der Waals surface area contributed by atoms with Gasteiger partial charge < -0.3 is 10.6 Å². The van der Waals surface area contributed by atoms with Crippen LogP contribution in [-0.2, 0) is 6.54 Å². The van der Waals surface area contributed by atoms with Crippen molar-refractivity contribution >= 4 is 41.7 Å². The third kappa shape index (κ3) is 8.93. The number of hydrogen-bond donors (Lipinski definition) is 2. The van der Waals surface area contributed by atoms with Crippen LogP contribution in [0.5, 0.6) is 0 Å². The lowest BCUT2D eigenvalue weighted by Crippen LogP contribution is -2.38. The lowest BCUT2D eigenvalue weighted by Gasteiger charge is -2.13. The van der Waals surface area contributed by atoms with E-state index < -0.39 is 0 Å². The maximum absolute atomic E-state index is 4.71. The van der Waals surface area contributed by atoms with E-state index in [0.29, 0.717) is 5.25 Å². The van der Waals surface area contributed by atoms with Crippen LogP contribution in [0.2, 0.25) is 0 Å². The van der Waals surface area contributed by atoms with Gasteiger partial charge in [0.1, 0.15) is 0 Å². The molecule has 1 unspecified atom stereocenters. The highest BCUT2D eigenvalue weighted by Crippen LogP contribution is 2.22. The van der Waals surface area contributed by atoms with Gasteiger partial charge in [0.2, 0.25) is 0 Å². The molecule has 0 aliphatic rings. The highest BCUT2D eigenvalue weighted by molar-refractivity contribution is 14.0. The van der Waals surface area contributed by atoms with Crippen LogP contribution >= 0.6 is 35.7 Å². The average Bonchev–Trinajstić information content (AvgIpc) is 3.02. The lowest BCUT2D eigenvalue weighted by molar-refractivity contribution is 0.570. The van der Waals surface area contributed by atoms with Gasteiger partial charge in [0.15, 0.2) is 5.96 Å². The second-order valence-corrected chi connectivity index (χ2v) is 7.53. The molecular weight excluding hydrogens is 457 g/mol. The van der Waals surface area contributed by atoms with Crippen molar-refractivity contribution in [3.05, 3.63) is 48.3 Å². The molecule has 1 aromatic heterocycles. The van der Waals surface area contributed by atoms with Crippen molar-refractivity contribution in [1.82, 2.24) is 20.4 Å². The van der Waals surface area contributed by atoms with Crippen LogP contribution in [0, 0.1) is 6.92 Å². The summed E-state index contributed by atoms with van der Waals surface area (Å²) in [5, 5.41) is 11.5. The lowest BCUT2D eigenvalue weighted by atomic mass is 10.4. The molecule has 0 radical (unpaired) electrons. The average molecular weight is 487 g/mol. The summed E-state index contributed by atoms with van der Waals surface area (Å²) < 4.78 is 1.99. The Bertz CT molecular complexity index is 644. The van der Waals surface area contributed by atoms with Gasteiger partial charge in [0, 0.05) is 36.0 Å². The Morgan fingerprint density at radius 1 is 1.27 bits per heavy atom. The quantitative estimate of drug-likeness (QED) is 0.185. The van der Waals surface area contributed by atoms with Crippen LogP contribution in [0.25, 0.3) is 0 Å². The Balaban J connectivity index is 0.00000338. The van der Waals surface area contributed by atoms with Gasteiger partial charge in [-0.15, -0.1) is 35.7 Å². The number of aliphatic imine (C=N–C) groups is 1. The highest BCUT2D eigenvalue weighted by atomic mass is 127. The van der Waals surface area contributed by atoms with Crippen molar-refractivity contribution in [2.75, 3.05) is 19.6 Å². The first-order valence-corrected chi connectivity index (χ1v) is 9.78. The zero-order valence-corrected chi connectivity index (χ0v) is 19.0. The molecule has 0 bridgehead atoms. The number of aryl methyl sites for hydroxylation is 2. The van der Waals surface area contributed by atoms with Gasteiger partial charge in [-0.3, -0.25) is 9.67 Å². The number of rotatable bonds is 9. The van der Waals surface area contributed by atoms with Crippen LogP contribution in [0.4, 0.5) is 0 Å². The molecule has 1 atom stereocenters. The van der Waals surface area contributed by atoms with Crippen LogP contribution < -0.4 is 10.6 Å². The summed E-state index contributed by atoms with van der Waals surface area (Å²) in [6, 6.07) is 10.5. The Morgan fingerprint density at radius 2 is 2.04 bits per heavy atom. The third-order valence-electron chi connectivity index (χ3n) is 3.55. The number of halogens is 1. The van der Waals surface area contributed by atoms with Crippen molar-refractivity contribution < 1.29 is 0 Å². The van der Waals surface area contributed by atoms with E-state index in [9.17, 15) is 0 Å². The van der Waals surface area contributed by atoms with Crippen LogP contribution in [0.1, 0.15) is 25.8 Å². The van der Waals surface area contributed by atoms with Gasteiger partial charge in [-0.1, -0.05) is 25.1 Å². The standard InChI is InChI=1S/C19H29N5S.HI/c1-4-20-19(21-11-8-12-24-15-16(2)13-23-24)22-14-17(3)25-18-9-6-5-7-10-18;/h5-7,9-10,13,15,17H,4,8,11-12,14H2,1-3H3,(H2,20,21,22);1H. The maximum Gasteiger partial charge on any atom is 0.191 e. The molecule has 0 saturated carbocycles. The summed E-state index contributed by atoms with van der Waals surface area (Å²) in [5.74, 6) is 0.889. The molecule has 1 heterocycles. The molecule has 0 fully saturated rings. The summed E-state index contributed by atoms with van der Waals surface area (Å²) in [6.45, 7) is 9.81. The van der Waals surface area contributed by atoms with Crippen LogP contribution in [-0.4, -0.2) is 40.6 Å². The number of aromatic nitrogens is 2. The number of thioether (sulfide) groups is 1. The number of nitrogens with one attached hydrogen (secondary N) is 2. The molecule has 1 aromatic carbocycles. The maximum atomic E-state index is 4.71. The number of benzene rings is 1. The van der Waals surface area contributed by atoms with Crippen molar-refractivity contribution in [1.29, 1.82) is 0 Å². The Morgan fingerprint density at radius 3 is 2.69 bits per heavy atom. The Labute approximate surface area is 178 Å². The molecule has 0 saturated heterocycles. The molecule has 2 aromatic rings. The van der Waals surface area contributed by atoms with Crippen molar-refractivity contribution in [2.24, 2.45) is 4.99 Å². The molecule has 0 amide bonds. The largest absolute Gasteiger partial charge is 0.357 e. The highest BCUT2D eigenvalue weighted by Gasteiger charge is 2.04. The predicted octanol–water partition coefficient (Wildman–Crippen LogP) is 3.94. The van der Waals surface area contributed by atoms with Gasteiger partial charge in [-0.05, 0) is 38.0 Å². The molecular formula is C19H30IN5S. The molecule has 5 nitrogen and oxygen atoms in total.